The van der Waals surface area contributed by atoms with Crippen LogP contribution in [-0.4, -0.2) is 23.8 Å². The summed E-state index contributed by atoms with van der Waals surface area (Å²) in [6.45, 7) is 11.8. The third-order valence-electron chi connectivity index (χ3n) is 6.01. The SMILES string of the molecule is C/C(=C\C1CCc2cc(OCCC(=O)O)ccc2O1)CCC(C)CC(C)C(C)C. The van der Waals surface area contributed by atoms with Crippen LogP contribution in [0.25, 0.3) is 0 Å². The van der Waals surface area contributed by atoms with Gasteiger partial charge in [-0.05, 0) is 86.6 Å². The standard InChI is InChI=1S/C25H38O4/c1-17(2)20(5)14-18(3)6-7-19(4)15-23-9-8-21-16-22(10-11-24(21)29-23)28-13-12-25(26)27/h10-11,15-18,20,23H,6-9,12-14H2,1-5H3,(H,26,27)/b19-15+. The van der Waals surface area contributed by atoms with E-state index in [-0.39, 0.29) is 19.1 Å². The Kier molecular flexibility index (Phi) is 9.06. The fraction of sp³-hybridized carbons (Fsp3) is 0.640. The molecule has 0 aliphatic carbocycles. The van der Waals surface area contributed by atoms with Crippen LogP contribution < -0.4 is 9.47 Å². The van der Waals surface area contributed by atoms with E-state index in [2.05, 4.69) is 40.7 Å². The zero-order valence-electron chi connectivity index (χ0n) is 18.7. The lowest BCUT2D eigenvalue weighted by atomic mass is 9.86. The highest BCUT2D eigenvalue weighted by Gasteiger charge is 2.19. The second-order valence-electron chi connectivity index (χ2n) is 9.07. The van der Waals surface area contributed by atoms with E-state index in [0.29, 0.717) is 5.75 Å². The van der Waals surface area contributed by atoms with Crippen molar-refractivity contribution in [1.82, 2.24) is 0 Å². The summed E-state index contributed by atoms with van der Waals surface area (Å²) < 4.78 is 11.7. The van der Waals surface area contributed by atoms with Gasteiger partial charge in [-0.15, -0.1) is 0 Å². The molecule has 1 aliphatic heterocycles. The van der Waals surface area contributed by atoms with Crippen LogP contribution in [0.3, 0.4) is 0 Å². The molecule has 0 saturated heterocycles. The van der Waals surface area contributed by atoms with Gasteiger partial charge in [-0.1, -0.05) is 33.3 Å². The van der Waals surface area contributed by atoms with Gasteiger partial charge in [-0.25, -0.2) is 0 Å². The van der Waals surface area contributed by atoms with Gasteiger partial charge in [0.05, 0.1) is 13.0 Å². The Hall–Kier alpha value is -1.97. The number of ether oxygens (including phenoxy) is 2. The Morgan fingerprint density at radius 2 is 2.03 bits per heavy atom. The zero-order chi connectivity index (χ0) is 21.4. The minimum atomic E-state index is -0.847. The van der Waals surface area contributed by atoms with E-state index in [1.807, 2.05) is 18.2 Å². The lowest BCUT2D eigenvalue weighted by Crippen LogP contribution is -2.21. The number of aryl methyl sites for hydroxylation is 1. The highest BCUT2D eigenvalue weighted by molar-refractivity contribution is 5.66. The van der Waals surface area contributed by atoms with Crippen molar-refractivity contribution in [3.8, 4) is 11.5 Å². The van der Waals surface area contributed by atoms with Crippen molar-refractivity contribution in [2.24, 2.45) is 17.8 Å². The molecule has 0 radical (unpaired) electrons. The van der Waals surface area contributed by atoms with Gasteiger partial charge in [-0.2, -0.15) is 0 Å². The fourth-order valence-corrected chi connectivity index (χ4v) is 3.75. The van der Waals surface area contributed by atoms with E-state index >= 15 is 0 Å². The maximum Gasteiger partial charge on any atom is 0.306 e. The predicted molar refractivity (Wildman–Crippen MR) is 118 cm³/mol. The molecule has 1 aliphatic rings. The molecule has 162 valence electrons. The number of hydrogen-bond acceptors (Lipinski definition) is 3. The van der Waals surface area contributed by atoms with E-state index in [4.69, 9.17) is 14.6 Å². The summed E-state index contributed by atoms with van der Waals surface area (Å²) in [6.07, 6.45) is 8.01. The van der Waals surface area contributed by atoms with E-state index in [9.17, 15) is 4.79 Å². The van der Waals surface area contributed by atoms with Gasteiger partial charge in [0.15, 0.2) is 0 Å². The monoisotopic (exact) mass is 402 g/mol. The molecule has 4 nitrogen and oxygen atoms in total. The van der Waals surface area contributed by atoms with Crippen LogP contribution in [0.5, 0.6) is 11.5 Å². The number of carbonyl (C=O) groups is 1. The summed E-state index contributed by atoms with van der Waals surface area (Å²) in [6, 6.07) is 5.77. The van der Waals surface area contributed by atoms with Gasteiger partial charge in [0, 0.05) is 0 Å². The van der Waals surface area contributed by atoms with Crippen molar-refractivity contribution in [2.45, 2.75) is 79.2 Å². The first-order chi connectivity index (χ1) is 13.7. The van der Waals surface area contributed by atoms with Gasteiger partial charge < -0.3 is 14.6 Å². The smallest absolute Gasteiger partial charge is 0.306 e. The van der Waals surface area contributed by atoms with Crippen LogP contribution in [0.2, 0.25) is 0 Å². The average molecular weight is 403 g/mol. The van der Waals surface area contributed by atoms with Gasteiger partial charge in [-0.3, -0.25) is 4.79 Å². The maximum atomic E-state index is 10.6. The molecule has 1 aromatic rings. The molecule has 0 bridgehead atoms. The number of carboxylic acids is 1. The van der Waals surface area contributed by atoms with Crippen molar-refractivity contribution >= 4 is 5.97 Å². The second-order valence-corrected chi connectivity index (χ2v) is 9.07. The average Bonchev–Trinajstić information content (AvgIpc) is 2.66. The van der Waals surface area contributed by atoms with Gasteiger partial charge >= 0.3 is 5.97 Å². The third kappa shape index (κ3) is 8.12. The van der Waals surface area contributed by atoms with Gasteiger partial charge in [0.1, 0.15) is 17.6 Å². The maximum absolute atomic E-state index is 10.6. The molecule has 0 amide bonds. The molecule has 3 unspecified atom stereocenters. The quantitative estimate of drug-likeness (QED) is 0.443. The molecule has 0 fully saturated rings. The molecular formula is C25H38O4. The first kappa shape index (κ1) is 23.3. The first-order valence-corrected chi connectivity index (χ1v) is 11.1. The molecule has 2 rings (SSSR count). The lowest BCUT2D eigenvalue weighted by Gasteiger charge is -2.25. The summed E-state index contributed by atoms with van der Waals surface area (Å²) in [7, 11) is 0. The molecule has 1 aromatic carbocycles. The number of aliphatic carboxylic acids is 1. The van der Waals surface area contributed by atoms with Gasteiger partial charge in [0.2, 0.25) is 0 Å². The minimum Gasteiger partial charge on any atom is -0.493 e. The first-order valence-electron chi connectivity index (χ1n) is 11.1. The second kappa shape index (κ2) is 11.3. The highest BCUT2D eigenvalue weighted by atomic mass is 16.5. The summed E-state index contributed by atoms with van der Waals surface area (Å²) in [5, 5.41) is 8.71. The van der Waals surface area contributed by atoms with Crippen molar-refractivity contribution in [3.63, 3.8) is 0 Å². The molecule has 0 spiro atoms. The van der Waals surface area contributed by atoms with Crippen molar-refractivity contribution in [1.29, 1.82) is 0 Å². The zero-order valence-corrected chi connectivity index (χ0v) is 18.7. The number of carboxylic acid groups (broad SMARTS) is 1. The largest absolute Gasteiger partial charge is 0.493 e. The summed E-state index contributed by atoms with van der Waals surface area (Å²) in [4.78, 5) is 10.6. The highest BCUT2D eigenvalue weighted by Crippen LogP contribution is 2.32. The van der Waals surface area contributed by atoms with E-state index in [1.165, 1.54) is 18.4 Å². The molecule has 4 heteroatoms. The summed E-state index contributed by atoms with van der Waals surface area (Å²) in [5.74, 6) is 3.07. The summed E-state index contributed by atoms with van der Waals surface area (Å²) in [5.41, 5.74) is 2.55. The van der Waals surface area contributed by atoms with Crippen LogP contribution in [-0.2, 0) is 11.2 Å². The minimum absolute atomic E-state index is 0.00866. The van der Waals surface area contributed by atoms with E-state index in [1.54, 1.807) is 0 Å². The van der Waals surface area contributed by atoms with Crippen molar-refractivity contribution in [2.75, 3.05) is 6.61 Å². The number of fused-ring (bicyclic) bond motifs is 1. The van der Waals surface area contributed by atoms with Crippen LogP contribution in [0.15, 0.2) is 29.8 Å². The predicted octanol–water partition coefficient (Wildman–Crippen LogP) is 6.28. The van der Waals surface area contributed by atoms with Crippen LogP contribution in [0, 0.1) is 17.8 Å². The fourth-order valence-electron chi connectivity index (χ4n) is 3.75. The molecule has 0 saturated carbocycles. The van der Waals surface area contributed by atoms with Crippen LogP contribution in [0.4, 0.5) is 0 Å². The number of rotatable bonds is 11. The number of allylic oxidation sites excluding steroid dienone is 1. The van der Waals surface area contributed by atoms with E-state index < -0.39 is 5.97 Å². The number of hydrogen-bond donors (Lipinski definition) is 1. The van der Waals surface area contributed by atoms with Crippen molar-refractivity contribution < 1.29 is 19.4 Å². The Labute approximate surface area is 176 Å². The Balaban J connectivity index is 1.83. The Morgan fingerprint density at radius 1 is 1.28 bits per heavy atom. The van der Waals surface area contributed by atoms with Crippen molar-refractivity contribution in [3.05, 3.63) is 35.4 Å². The molecule has 0 aromatic heterocycles. The van der Waals surface area contributed by atoms with Gasteiger partial charge in [0.25, 0.3) is 0 Å². The Morgan fingerprint density at radius 3 is 2.72 bits per heavy atom. The third-order valence-corrected chi connectivity index (χ3v) is 6.01. The normalized spacial score (nSPS) is 18.7. The molecule has 3 atom stereocenters. The molecular weight excluding hydrogens is 364 g/mol. The Bertz CT molecular complexity index is 692. The molecule has 1 N–H and O–H groups in total. The van der Waals surface area contributed by atoms with Crippen LogP contribution in [0.1, 0.15) is 72.3 Å². The summed E-state index contributed by atoms with van der Waals surface area (Å²) >= 11 is 0. The van der Waals surface area contributed by atoms with E-state index in [0.717, 1.165) is 48.3 Å². The molecule has 29 heavy (non-hydrogen) atoms. The molecule has 1 heterocycles. The van der Waals surface area contributed by atoms with Crippen LogP contribution >= 0.6 is 0 Å². The lowest BCUT2D eigenvalue weighted by molar-refractivity contribution is -0.137. The topological polar surface area (TPSA) is 55.8 Å². The number of benzene rings is 1.